The molecule has 140 valence electrons. The Kier molecular flexibility index (Phi) is 5.34. The molecule has 0 saturated carbocycles. The van der Waals surface area contributed by atoms with Crippen molar-refractivity contribution in [3.63, 3.8) is 0 Å². The van der Waals surface area contributed by atoms with Crippen molar-refractivity contribution < 1.29 is 4.42 Å². The van der Waals surface area contributed by atoms with Crippen LogP contribution >= 0.6 is 0 Å². The van der Waals surface area contributed by atoms with Gasteiger partial charge in [0.2, 0.25) is 0 Å². The summed E-state index contributed by atoms with van der Waals surface area (Å²) >= 11 is 0. The van der Waals surface area contributed by atoms with Gasteiger partial charge >= 0.3 is 0 Å². The summed E-state index contributed by atoms with van der Waals surface area (Å²) < 4.78 is 5.42. The Labute approximate surface area is 159 Å². The van der Waals surface area contributed by atoms with Crippen LogP contribution in [0.5, 0.6) is 0 Å². The van der Waals surface area contributed by atoms with Gasteiger partial charge in [-0.05, 0) is 18.7 Å². The van der Waals surface area contributed by atoms with E-state index in [1.165, 1.54) is 0 Å². The van der Waals surface area contributed by atoms with Crippen LogP contribution in [0.2, 0.25) is 0 Å². The van der Waals surface area contributed by atoms with E-state index in [1.807, 2.05) is 48.5 Å². The first-order valence-electron chi connectivity index (χ1n) is 9.50. The number of nitrogens with zero attached hydrogens (tertiary/aromatic N) is 4. The molecule has 0 bridgehead atoms. The molecule has 0 radical (unpaired) electrons. The monoisotopic (exact) mass is 363 g/mol. The van der Waals surface area contributed by atoms with E-state index >= 15 is 0 Å². The molecule has 0 spiro atoms. The maximum Gasteiger partial charge on any atom is 0.163 e. The summed E-state index contributed by atoms with van der Waals surface area (Å²) in [5.74, 6) is 3.41. The summed E-state index contributed by atoms with van der Waals surface area (Å²) in [6, 6.07) is 16.0. The number of hydrogen-bond acceptors (Lipinski definition) is 6. The highest BCUT2D eigenvalue weighted by molar-refractivity contribution is 5.61. The molecule has 1 aromatic carbocycles. The van der Waals surface area contributed by atoms with E-state index in [1.54, 1.807) is 6.26 Å². The van der Waals surface area contributed by atoms with Crippen LogP contribution in [0.4, 0.5) is 11.6 Å². The van der Waals surface area contributed by atoms with Crippen molar-refractivity contribution in [3.05, 3.63) is 60.6 Å². The van der Waals surface area contributed by atoms with Gasteiger partial charge in [0.15, 0.2) is 5.82 Å². The van der Waals surface area contributed by atoms with Gasteiger partial charge in [-0.3, -0.25) is 0 Å². The minimum Gasteiger partial charge on any atom is -0.467 e. The number of benzene rings is 1. The Balaban J connectivity index is 1.60. The lowest BCUT2D eigenvalue weighted by molar-refractivity contribution is 0.270. The number of furan rings is 1. The fraction of sp³-hybridized carbons (Fsp3) is 0.333. The zero-order valence-electron chi connectivity index (χ0n) is 15.6. The number of nitrogens with one attached hydrogen (secondary N) is 1. The van der Waals surface area contributed by atoms with E-state index < -0.39 is 0 Å². The van der Waals surface area contributed by atoms with Crippen molar-refractivity contribution in [2.45, 2.75) is 13.5 Å². The standard InChI is InChI=1S/C21H25N5O/c1-2-25-10-12-26(13-11-25)20-15-19(22-16-18-9-6-14-27-18)23-21(24-20)17-7-4-3-5-8-17/h3-9,14-15H,2,10-13,16H2,1H3,(H,22,23,24). The Bertz CT molecular complexity index is 842. The molecule has 0 unspecified atom stereocenters. The third-order valence-electron chi connectivity index (χ3n) is 4.91. The van der Waals surface area contributed by atoms with E-state index in [2.05, 4.69) is 22.0 Å². The average molecular weight is 363 g/mol. The van der Waals surface area contributed by atoms with Crippen molar-refractivity contribution in [1.82, 2.24) is 14.9 Å². The van der Waals surface area contributed by atoms with Gasteiger partial charge in [-0.2, -0.15) is 0 Å². The molecular formula is C21H25N5O. The molecule has 4 rings (SSSR count). The third-order valence-corrected chi connectivity index (χ3v) is 4.91. The second-order valence-electron chi connectivity index (χ2n) is 6.66. The second-order valence-corrected chi connectivity index (χ2v) is 6.66. The van der Waals surface area contributed by atoms with Crippen LogP contribution in [-0.4, -0.2) is 47.6 Å². The van der Waals surface area contributed by atoms with E-state index in [-0.39, 0.29) is 0 Å². The van der Waals surface area contributed by atoms with E-state index in [0.29, 0.717) is 6.54 Å². The molecule has 3 heterocycles. The van der Waals surface area contributed by atoms with Gasteiger partial charge < -0.3 is 19.5 Å². The normalized spacial score (nSPS) is 15.1. The van der Waals surface area contributed by atoms with Crippen molar-refractivity contribution in [3.8, 4) is 11.4 Å². The molecule has 1 aliphatic heterocycles. The molecule has 2 aromatic heterocycles. The van der Waals surface area contributed by atoms with Crippen LogP contribution in [-0.2, 0) is 6.54 Å². The first-order valence-corrected chi connectivity index (χ1v) is 9.50. The highest BCUT2D eigenvalue weighted by atomic mass is 16.3. The van der Waals surface area contributed by atoms with Gasteiger partial charge in [-0.1, -0.05) is 37.3 Å². The van der Waals surface area contributed by atoms with Crippen LogP contribution in [0.15, 0.2) is 59.2 Å². The van der Waals surface area contributed by atoms with E-state index in [9.17, 15) is 0 Å². The molecular weight excluding hydrogens is 338 g/mol. The first kappa shape index (κ1) is 17.5. The van der Waals surface area contributed by atoms with Gasteiger partial charge in [-0.25, -0.2) is 9.97 Å². The number of hydrogen-bond donors (Lipinski definition) is 1. The minimum atomic E-state index is 0.599. The summed E-state index contributed by atoms with van der Waals surface area (Å²) in [6.45, 7) is 8.01. The number of aromatic nitrogens is 2. The van der Waals surface area contributed by atoms with Crippen LogP contribution < -0.4 is 10.2 Å². The maximum absolute atomic E-state index is 5.42. The van der Waals surface area contributed by atoms with Crippen molar-refractivity contribution in [1.29, 1.82) is 0 Å². The first-order chi connectivity index (χ1) is 13.3. The van der Waals surface area contributed by atoms with Crippen molar-refractivity contribution in [2.24, 2.45) is 0 Å². The number of anilines is 2. The Morgan fingerprint density at radius 1 is 1.00 bits per heavy atom. The summed E-state index contributed by atoms with van der Waals surface area (Å²) in [4.78, 5) is 14.4. The minimum absolute atomic E-state index is 0.599. The summed E-state index contributed by atoms with van der Waals surface area (Å²) in [5, 5.41) is 3.37. The topological polar surface area (TPSA) is 57.4 Å². The van der Waals surface area contributed by atoms with Crippen molar-refractivity contribution >= 4 is 11.6 Å². The number of piperazine rings is 1. The van der Waals surface area contributed by atoms with Crippen LogP contribution in [0.1, 0.15) is 12.7 Å². The average Bonchev–Trinajstić information content (AvgIpc) is 3.26. The molecule has 27 heavy (non-hydrogen) atoms. The number of likely N-dealkylation sites (N-methyl/N-ethyl adjacent to an activating group) is 1. The maximum atomic E-state index is 5.42. The smallest absolute Gasteiger partial charge is 0.163 e. The summed E-state index contributed by atoms with van der Waals surface area (Å²) in [6.07, 6.45) is 1.69. The largest absolute Gasteiger partial charge is 0.467 e. The van der Waals surface area contributed by atoms with Crippen LogP contribution in [0.25, 0.3) is 11.4 Å². The van der Waals surface area contributed by atoms with Gasteiger partial charge in [0.25, 0.3) is 0 Å². The molecule has 0 aliphatic carbocycles. The van der Waals surface area contributed by atoms with E-state index in [4.69, 9.17) is 14.4 Å². The molecule has 0 amide bonds. The van der Waals surface area contributed by atoms with Gasteiger partial charge in [0, 0.05) is 37.8 Å². The molecule has 0 atom stereocenters. The zero-order chi connectivity index (χ0) is 18.5. The van der Waals surface area contributed by atoms with Gasteiger partial charge in [0.05, 0.1) is 12.8 Å². The van der Waals surface area contributed by atoms with Crippen LogP contribution in [0.3, 0.4) is 0 Å². The third kappa shape index (κ3) is 4.28. The Hall–Kier alpha value is -2.86. The van der Waals surface area contributed by atoms with Gasteiger partial charge in [-0.15, -0.1) is 0 Å². The summed E-state index contributed by atoms with van der Waals surface area (Å²) in [5.41, 5.74) is 1.02. The fourth-order valence-electron chi connectivity index (χ4n) is 3.29. The predicted molar refractivity (Wildman–Crippen MR) is 108 cm³/mol. The predicted octanol–water partition coefficient (Wildman–Crippen LogP) is 3.49. The lowest BCUT2D eigenvalue weighted by atomic mass is 10.2. The summed E-state index contributed by atoms with van der Waals surface area (Å²) in [7, 11) is 0. The molecule has 6 nitrogen and oxygen atoms in total. The molecule has 3 aromatic rings. The molecule has 6 heteroatoms. The molecule has 1 saturated heterocycles. The van der Waals surface area contributed by atoms with Crippen molar-refractivity contribution in [2.75, 3.05) is 42.9 Å². The second kappa shape index (κ2) is 8.22. The fourth-order valence-corrected chi connectivity index (χ4v) is 3.29. The Morgan fingerprint density at radius 3 is 2.52 bits per heavy atom. The van der Waals surface area contributed by atoms with E-state index in [0.717, 1.165) is 61.5 Å². The SMILES string of the molecule is CCN1CCN(c2cc(NCc3ccco3)nc(-c3ccccc3)n2)CC1. The molecule has 1 fully saturated rings. The highest BCUT2D eigenvalue weighted by Crippen LogP contribution is 2.23. The number of rotatable bonds is 6. The lowest BCUT2D eigenvalue weighted by Crippen LogP contribution is -2.46. The highest BCUT2D eigenvalue weighted by Gasteiger charge is 2.18. The van der Waals surface area contributed by atoms with Gasteiger partial charge in [0.1, 0.15) is 17.4 Å². The quantitative estimate of drug-likeness (QED) is 0.723. The molecule has 1 N–H and O–H groups in total. The Morgan fingerprint density at radius 2 is 1.81 bits per heavy atom. The van der Waals surface area contributed by atoms with Crippen LogP contribution in [0, 0.1) is 0 Å². The zero-order valence-corrected chi connectivity index (χ0v) is 15.6. The lowest BCUT2D eigenvalue weighted by Gasteiger charge is -2.35. The molecule has 1 aliphatic rings.